The van der Waals surface area contributed by atoms with Crippen molar-refractivity contribution in [2.24, 2.45) is 0 Å². The van der Waals surface area contributed by atoms with Gasteiger partial charge < -0.3 is 9.47 Å². The van der Waals surface area contributed by atoms with Gasteiger partial charge in [-0.15, -0.1) is 0 Å². The van der Waals surface area contributed by atoms with E-state index in [1.54, 1.807) is 14.2 Å². The van der Waals surface area contributed by atoms with E-state index in [2.05, 4.69) is 35.8 Å². The van der Waals surface area contributed by atoms with Crippen molar-refractivity contribution in [1.29, 1.82) is 0 Å². The Labute approximate surface area is 177 Å². The summed E-state index contributed by atoms with van der Waals surface area (Å²) < 4.78 is 10.4. The Kier molecular flexibility index (Phi) is 5.70. The van der Waals surface area contributed by atoms with E-state index >= 15 is 0 Å². The van der Waals surface area contributed by atoms with Crippen LogP contribution in [0, 0.1) is 23.7 Å². The van der Waals surface area contributed by atoms with E-state index in [1.807, 2.05) is 72.8 Å². The van der Waals surface area contributed by atoms with Crippen molar-refractivity contribution in [1.82, 2.24) is 0 Å². The number of fused-ring (bicyclic) bond motifs is 1. The fourth-order valence-electron chi connectivity index (χ4n) is 3.14. The molecule has 0 atom stereocenters. The van der Waals surface area contributed by atoms with Crippen LogP contribution in [-0.4, -0.2) is 14.2 Å². The van der Waals surface area contributed by atoms with Gasteiger partial charge >= 0.3 is 0 Å². The van der Waals surface area contributed by atoms with Gasteiger partial charge in [-0.05, 0) is 71.4 Å². The van der Waals surface area contributed by atoms with Crippen molar-refractivity contribution in [3.05, 3.63) is 107 Å². The van der Waals surface area contributed by atoms with Gasteiger partial charge in [0.2, 0.25) is 0 Å². The zero-order chi connectivity index (χ0) is 20.8. The van der Waals surface area contributed by atoms with Crippen LogP contribution in [0.2, 0.25) is 0 Å². The van der Waals surface area contributed by atoms with Gasteiger partial charge in [0.05, 0.1) is 14.2 Å². The van der Waals surface area contributed by atoms with Crippen LogP contribution < -0.4 is 9.47 Å². The fraction of sp³-hybridized carbons (Fsp3) is 0.0714. The van der Waals surface area contributed by atoms with Gasteiger partial charge in [0, 0.05) is 22.3 Å². The highest BCUT2D eigenvalue weighted by molar-refractivity contribution is 5.93. The summed E-state index contributed by atoms with van der Waals surface area (Å²) in [5, 5.41) is 2.19. The monoisotopic (exact) mass is 388 g/mol. The maximum atomic E-state index is 5.20. The number of hydrogen-bond acceptors (Lipinski definition) is 2. The van der Waals surface area contributed by atoms with Crippen LogP contribution in [0.5, 0.6) is 11.5 Å². The molecule has 30 heavy (non-hydrogen) atoms. The second kappa shape index (κ2) is 8.91. The van der Waals surface area contributed by atoms with Crippen molar-refractivity contribution < 1.29 is 9.47 Å². The first kappa shape index (κ1) is 19.2. The number of benzene rings is 4. The summed E-state index contributed by atoms with van der Waals surface area (Å²) in [6.45, 7) is 0. The van der Waals surface area contributed by atoms with Gasteiger partial charge in [-0.25, -0.2) is 0 Å². The van der Waals surface area contributed by atoms with Gasteiger partial charge in [-0.1, -0.05) is 47.9 Å². The molecule has 4 aromatic rings. The van der Waals surface area contributed by atoms with E-state index < -0.39 is 0 Å². The lowest BCUT2D eigenvalue weighted by Crippen LogP contribution is -1.86. The molecular formula is C28H20O2. The molecule has 0 fully saturated rings. The van der Waals surface area contributed by atoms with Crippen molar-refractivity contribution in [2.75, 3.05) is 14.2 Å². The first-order valence-electron chi connectivity index (χ1n) is 9.61. The van der Waals surface area contributed by atoms with Crippen molar-refractivity contribution in [2.45, 2.75) is 0 Å². The summed E-state index contributed by atoms with van der Waals surface area (Å²) >= 11 is 0. The van der Waals surface area contributed by atoms with E-state index in [-0.39, 0.29) is 0 Å². The molecule has 0 aliphatic rings. The van der Waals surface area contributed by atoms with Crippen LogP contribution in [0.3, 0.4) is 0 Å². The highest BCUT2D eigenvalue weighted by atomic mass is 16.5. The molecule has 0 spiro atoms. The molecule has 144 valence electrons. The Morgan fingerprint density at radius 2 is 0.867 bits per heavy atom. The van der Waals surface area contributed by atoms with Gasteiger partial charge in [-0.2, -0.15) is 0 Å². The SMILES string of the molecule is COc1ccc(C#Cc2ccc(C#Cc3ccc(OC)cc3)c3ccccc23)cc1. The minimum absolute atomic E-state index is 0.825. The molecular weight excluding hydrogens is 368 g/mol. The summed E-state index contributed by atoms with van der Waals surface area (Å²) in [7, 11) is 3.32. The molecule has 0 aromatic heterocycles. The lowest BCUT2D eigenvalue weighted by molar-refractivity contribution is 0.414. The maximum absolute atomic E-state index is 5.20. The van der Waals surface area contributed by atoms with Gasteiger partial charge in [0.1, 0.15) is 11.5 Å². The Morgan fingerprint density at radius 1 is 0.467 bits per heavy atom. The number of methoxy groups -OCH3 is 2. The third-order valence-electron chi connectivity index (χ3n) is 4.79. The third kappa shape index (κ3) is 4.30. The molecule has 2 nitrogen and oxygen atoms in total. The van der Waals surface area contributed by atoms with Crippen molar-refractivity contribution in [3.8, 4) is 35.2 Å². The topological polar surface area (TPSA) is 18.5 Å². The van der Waals surface area contributed by atoms with Crippen LogP contribution >= 0.6 is 0 Å². The molecule has 0 saturated carbocycles. The van der Waals surface area contributed by atoms with E-state index in [0.717, 1.165) is 44.5 Å². The second-order valence-corrected chi connectivity index (χ2v) is 6.66. The fourth-order valence-corrected chi connectivity index (χ4v) is 3.14. The Morgan fingerprint density at radius 3 is 1.23 bits per heavy atom. The zero-order valence-corrected chi connectivity index (χ0v) is 16.9. The van der Waals surface area contributed by atoms with Gasteiger partial charge in [-0.3, -0.25) is 0 Å². The number of rotatable bonds is 2. The van der Waals surface area contributed by atoms with Crippen LogP contribution in [-0.2, 0) is 0 Å². The first-order valence-corrected chi connectivity index (χ1v) is 9.61. The standard InChI is InChI=1S/C28H20O2/c1-29-25-17-9-21(10-18-25)7-13-23-15-16-24(28-6-4-3-5-27(23)28)14-8-22-11-19-26(30-2)20-12-22/h3-6,9-12,15-20H,1-2H3. The Bertz CT molecular complexity index is 1190. The summed E-state index contributed by atoms with van der Waals surface area (Å²) in [6.07, 6.45) is 0. The molecule has 0 radical (unpaired) electrons. The molecule has 0 bridgehead atoms. The lowest BCUT2D eigenvalue weighted by atomic mass is 9.99. The maximum Gasteiger partial charge on any atom is 0.118 e. The van der Waals surface area contributed by atoms with Gasteiger partial charge in [0.15, 0.2) is 0 Å². The molecule has 0 unspecified atom stereocenters. The summed E-state index contributed by atoms with van der Waals surface area (Å²) in [5.74, 6) is 14.7. The van der Waals surface area contributed by atoms with Crippen molar-refractivity contribution in [3.63, 3.8) is 0 Å². The molecule has 0 heterocycles. The minimum atomic E-state index is 0.825. The molecule has 2 heteroatoms. The predicted molar refractivity (Wildman–Crippen MR) is 122 cm³/mol. The third-order valence-corrected chi connectivity index (χ3v) is 4.79. The van der Waals surface area contributed by atoms with Gasteiger partial charge in [0.25, 0.3) is 0 Å². The van der Waals surface area contributed by atoms with E-state index in [4.69, 9.17) is 9.47 Å². The summed E-state index contributed by atoms with van der Waals surface area (Å²) in [5.41, 5.74) is 3.86. The summed E-state index contributed by atoms with van der Waals surface area (Å²) in [4.78, 5) is 0. The quantitative estimate of drug-likeness (QED) is 0.413. The Balaban J connectivity index is 1.68. The first-order chi connectivity index (χ1) is 14.8. The van der Waals surface area contributed by atoms with Crippen LogP contribution in [0.25, 0.3) is 10.8 Å². The number of ether oxygens (including phenoxy) is 2. The highest BCUT2D eigenvalue weighted by Crippen LogP contribution is 2.22. The van der Waals surface area contributed by atoms with Crippen LogP contribution in [0.15, 0.2) is 84.9 Å². The predicted octanol–water partition coefficient (Wildman–Crippen LogP) is 5.66. The molecule has 0 aliphatic carbocycles. The normalized spacial score (nSPS) is 9.80. The molecule has 0 aliphatic heterocycles. The van der Waals surface area contributed by atoms with E-state index in [9.17, 15) is 0 Å². The van der Waals surface area contributed by atoms with E-state index in [0.29, 0.717) is 0 Å². The Hall–Kier alpha value is -4.14. The van der Waals surface area contributed by atoms with Crippen molar-refractivity contribution >= 4 is 10.8 Å². The van der Waals surface area contributed by atoms with E-state index in [1.165, 1.54) is 0 Å². The largest absolute Gasteiger partial charge is 0.497 e. The van der Waals surface area contributed by atoms with Crippen LogP contribution in [0.4, 0.5) is 0 Å². The molecule has 0 amide bonds. The molecule has 0 N–H and O–H groups in total. The van der Waals surface area contributed by atoms with Crippen LogP contribution in [0.1, 0.15) is 22.3 Å². The second-order valence-electron chi connectivity index (χ2n) is 6.66. The smallest absolute Gasteiger partial charge is 0.118 e. The number of hydrogen-bond donors (Lipinski definition) is 0. The molecule has 4 aromatic carbocycles. The molecule has 4 rings (SSSR count). The highest BCUT2D eigenvalue weighted by Gasteiger charge is 2.03. The lowest BCUT2D eigenvalue weighted by Gasteiger charge is -2.04. The average molecular weight is 388 g/mol. The summed E-state index contributed by atoms with van der Waals surface area (Å²) in [6, 6.07) is 27.8. The molecule has 0 saturated heterocycles. The average Bonchev–Trinajstić information content (AvgIpc) is 2.82. The zero-order valence-electron chi connectivity index (χ0n) is 16.9. The minimum Gasteiger partial charge on any atom is -0.497 e.